The van der Waals surface area contributed by atoms with E-state index in [1.807, 2.05) is 38.1 Å². The van der Waals surface area contributed by atoms with E-state index in [1.54, 1.807) is 18.3 Å². The van der Waals surface area contributed by atoms with E-state index in [4.69, 9.17) is 0 Å². The zero-order chi connectivity index (χ0) is 20.3. The number of pyridine rings is 1. The summed E-state index contributed by atoms with van der Waals surface area (Å²) in [5, 5.41) is 3.95. The largest absolute Gasteiger partial charge is 0.353 e. The fourth-order valence-electron chi connectivity index (χ4n) is 2.65. The first-order valence-corrected chi connectivity index (χ1v) is 10.2. The van der Waals surface area contributed by atoms with Gasteiger partial charge >= 0.3 is 0 Å². The summed E-state index contributed by atoms with van der Waals surface area (Å²) in [5.41, 5.74) is 1.40. The lowest BCUT2D eigenvalue weighted by Gasteiger charge is -2.17. The van der Waals surface area contributed by atoms with E-state index in [9.17, 15) is 9.59 Å². The quantitative estimate of drug-likeness (QED) is 0.511. The standard InChI is InChI=1S/C21H24N4O2S/c1-13(2)15(4)23-19(26)12-28-21-24-17-8-6-5-7-16(17)20(27)25(21)18-11-14(3)9-10-22-18/h5-11,13,15H,12H2,1-4H3,(H,23,26)/t15-/m0/s1. The van der Waals surface area contributed by atoms with Crippen LogP contribution in [-0.2, 0) is 4.79 Å². The first-order chi connectivity index (χ1) is 13.4. The zero-order valence-corrected chi connectivity index (χ0v) is 17.3. The molecular weight excluding hydrogens is 372 g/mol. The van der Waals surface area contributed by atoms with Crippen LogP contribution in [0.3, 0.4) is 0 Å². The minimum atomic E-state index is -0.192. The summed E-state index contributed by atoms with van der Waals surface area (Å²) in [6.07, 6.45) is 1.66. The molecule has 0 bridgehead atoms. The minimum absolute atomic E-state index is 0.0818. The number of thioether (sulfide) groups is 1. The molecule has 0 saturated carbocycles. The topological polar surface area (TPSA) is 76.9 Å². The van der Waals surface area contributed by atoms with E-state index < -0.39 is 0 Å². The Balaban J connectivity index is 2.00. The summed E-state index contributed by atoms with van der Waals surface area (Å²) >= 11 is 1.24. The average Bonchev–Trinajstić information content (AvgIpc) is 2.66. The third-order valence-electron chi connectivity index (χ3n) is 4.60. The van der Waals surface area contributed by atoms with E-state index >= 15 is 0 Å². The van der Waals surface area contributed by atoms with Crippen molar-refractivity contribution in [1.29, 1.82) is 0 Å². The van der Waals surface area contributed by atoms with Gasteiger partial charge in [-0.1, -0.05) is 37.7 Å². The first-order valence-electron chi connectivity index (χ1n) is 9.24. The fourth-order valence-corrected chi connectivity index (χ4v) is 3.46. The summed E-state index contributed by atoms with van der Waals surface area (Å²) in [5.74, 6) is 0.940. The van der Waals surface area contributed by atoms with Crippen LogP contribution in [0.5, 0.6) is 0 Å². The monoisotopic (exact) mass is 396 g/mol. The van der Waals surface area contributed by atoms with Crippen LogP contribution >= 0.6 is 11.8 Å². The molecule has 3 rings (SSSR count). The predicted molar refractivity (Wildman–Crippen MR) is 113 cm³/mol. The van der Waals surface area contributed by atoms with Gasteiger partial charge in [0.25, 0.3) is 5.56 Å². The Labute approximate surface area is 168 Å². The lowest BCUT2D eigenvalue weighted by Crippen LogP contribution is -2.37. The number of para-hydroxylation sites is 1. The molecule has 28 heavy (non-hydrogen) atoms. The molecule has 7 heteroatoms. The van der Waals surface area contributed by atoms with Crippen LogP contribution in [0.4, 0.5) is 0 Å². The molecule has 0 aliphatic rings. The van der Waals surface area contributed by atoms with Crippen LogP contribution in [0.25, 0.3) is 16.7 Å². The van der Waals surface area contributed by atoms with Crippen molar-refractivity contribution in [1.82, 2.24) is 19.9 Å². The SMILES string of the molecule is Cc1ccnc(-n2c(SCC(=O)N[C@@H](C)C(C)C)nc3ccccc3c2=O)c1. The normalized spacial score (nSPS) is 12.3. The van der Waals surface area contributed by atoms with Gasteiger partial charge in [0, 0.05) is 12.2 Å². The third kappa shape index (κ3) is 4.42. The van der Waals surface area contributed by atoms with Gasteiger partial charge in [0.05, 0.1) is 16.7 Å². The number of amides is 1. The van der Waals surface area contributed by atoms with Gasteiger partial charge in [0.15, 0.2) is 5.16 Å². The summed E-state index contributed by atoms with van der Waals surface area (Å²) in [6, 6.07) is 11.0. The molecule has 0 aliphatic heterocycles. The summed E-state index contributed by atoms with van der Waals surface area (Å²) in [4.78, 5) is 34.4. The number of carbonyl (C=O) groups excluding carboxylic acids is 1. The molecule has 3 aromatic rings. The maximum absolute atomic E-state index is 13.1. The highest BCUT2D eigenvalue weighted by Crippen LogP contribution is 2.21. The number of aryl methyl sites for hydroxylation is 1. The Morgan fingerprint density at radius 3 is 2.68 bits per heavy atom. The molecule has 1 amide bonds. The number of benzene rings is 1. The molecule has 0 spiro atoms. The van der Waals surface area contributed by atoms with Crippen molar-refractivity contribution in [3.63, 3.8) is 0 Å². The van der Waals surface area contributed by atoms with Crippen LogP contribution in [0.15, 0.2) is 52.5 Å². The van der Waals surface area contributed by atoms with Gasteiger partial charge in [-0.2, -0.15) is 0 Å². The Bertz CT molecular complexity index is 1060. The van der Waals surface area contributed by atoms with E-state index in [0.29, 0.717) is 27.8 Å². The van der Waals surface area contributed by atoms with E-state index in [0.717, 1.165) is 5.56 Å². The second-order valence-electron chi connectivity index (χ2n) is 7.13. The predicted octanol–water partition coefficient (Wildman–Crippen LogP) is 3.34. The van der Waals surface area contributed by atoms with Gasteiger partial charge in [-0.3, -0.25) is 9.59 Å². The summed E-state index contributed by atoms with van der Waals surface area (Å²) in [6.45, 7) is 8.04. The van der Waals surface area contributed by atoms with E-state index in [1.165, 1.54) is 16.3 Å². The second kappa shape index (κ2) is 8.56. The number of aromatic nitrogens is 3. The second-order valence-corrected chi connectivity index (χ2v) is 8.07. The van der Waals surface area contributed by atoms with E-state index in [2.05, 4.69) is 29.1 Å². The summed E-state index contributed by atoms with van der Waals surface area (Å²) < 4.78 is 1.49. The van der Waals surface area contributed by atoms with Gasteiger partial charge in [0.2, 0.25) is 5.91 Å². The number of rotatable bonds is 6. The van der Waals surface area contributed by atoms with Gasteiger partial charge in [-0.05, 0) is 49.6 Å². The minimum Gasteiger partial charge on any atom is -0.353 e. The van der Waals surface area contributed by atoms with Crippen molar-refractivity contribution in [2.24, 2.45) is 5.92 Å². The average molecular weight is 397 g/mol. The number of hydrogen-bond donors (Lipinski definition) is 1. The van der Waals surface area contributed by atoms with Crippen LogP contribution < -0.4 is 10.9 Å². The fraction of sp³-hybridized carbons (Fsp3) is 0.333. The van der Waals surface area contributed by atoms with Crippen molar-refractivity contribution in [3.05, 3.63) is 58.5 Å². The molecule has 6 nitrogen and oxygen atoms in total. The van der Waals surface area contributed by atoms with Crippen LogP contribution in [-0.4, -0.2) is 32.2 Å². The highest BCUT2D eigenvalue weighted by Gasteiger charge is 2.17. The highest BCUT2D eigenvalue weighted by atomic mass is 32.2. The lowest BCUT2D eigenvalue weighted by molar-refractivity contribution is -0.119. The molecule has 0 fully saturated rings. The van der Waals surface area contributed by atoms with Crippen molar-refractivity contribution in [2.45, 2.75) is 38.9 Å². The molecule has 0 unspecified atom stereocenters. The molecule has 1 N–H and O–H groups in total. The van der Waals surface area contributed by atoms with Crippen molar-refractivity contribution >= 4 is 28.6 Å². The molecule has 2 aromatic heterocycles. The van der Waals surface area contributed by atoms with E-state index in [-0.39, 0.29) is 23.3 Å². The maximum Gasteiger partial charge on any atom is 0.267 e. The summed E-state index contributed by atoms with van der Waals surface area (Å²) in [7, 11) is 0. The van der Waals surface area contributed by atoms with Gasteiger partial charge in [0.1, 0.15) is 5.82 Å². The Kier molecular flexibility index (Phi) is 6.14. The molecule has 2 heterocycles. The number of nitrogens with one attached hydrogen (secondary N) is 1. The zero-order valence-electron chi connectivity index (χ0n) is 16.5. The molecule has 1 aromatic carbocycles. The van der Waals surface area contributed by atoms with Crippen molar-refractivity contribution in [2.75, 3.05) is 5.75 Å². The van der Waals surface area contributed by atoms with Gasteiger partial charge < -0.3 is 5.32 Å². The molecule has 0 radical (unpaired) electrons. The third-order valence-corrected chi connectivity index (χ3v) is 5.53. The Hall–Kier alpha value is -2.67. The van der Waals surface area contributed by atoms with Crippen molar-refractivity contribution < 1.29 is 4.79 Å². The van der Waals surface area contributed by atoms with Crippen LogP contribution in [0.1, 0.15) is 26.3 Å². The Morgan fingerprint density at radius 2 is 1.96 bits per heavy atom. The van der Waals surface area contributed by atoms with Crippen molar-refractivity contribution in [3.8, 4) is 5.82 Å². The molecule has 146 valence electrons. The van der Waals surface area contributed by atoms with Gasteiger partial charge in [-0.25, -0.2) is 14.5 Å². The number of carbonyl (C=O) groups is 1. The smallest absolute Gasteiger partial charge is 0.267 e. The molecule has 0 saturated heterocycles. The highest BCUT2D eigenvalue weighted by molar-refractivity contribution is 7.99. The Morgan fingerprint density at radius 1 is 1.21 bits per heavy atom. The number of hydrogen-bond acceptors (Lipinski definition) is 5. The van der Waals surface area contributed by atoms with Gasteiger partial charge in [-0.15, -0.1) is 0 Å². The number of nitrogens with zero attached hydrogens (tertiary/aromatic N) is 3. The number of fused-ring (bicyclic) bond motifs is 1. The molecule has 1 atom stereocenters. The van der Waals surface area contributed by atoms with Crippen LogP contribution in [0.2, 0.25) is 0 Å². The molecular formula is C21H24N4O2S. The van der Waals surface area contributed by atoms with Crippen LogP contribution in [0, 0.1) is 12.8 Å². The maximum atomic E-state index is 13.1. The molecule has 0 aliphatic carbocycles. The lowest BCUT2D eigenvalue weighted by atomic mass is 10.1. The first kappa shape index (κ1) is 20.1.